The van der Waals surface area contributed by atoms with Gasteiger partial charge in [0.25, 0.3) is 0 Å². The van der Waals surface area contributed by atoms with Gasteiger partial charge in [-0.1, -0.05) is 30.3 Å². The third-order valence-electron chi connectivity index (χ3n) is 5.03. The van der Waals surface area contributed by atoms with E-state index in [1.807, 2.05) is 35.3 Å². The number of hydrogen-bond acceptors (Lipinski definition) is 5. The molecule has 0 spiro atoms. The second-order valence-corrected chi connectivity index (χ2v) is 8.26. The molecule has 2 atom stereocenters. The van der Waals surface area contributed by atoms with Gasteiger partial charge in [0.15, 0.2) is 5.79 Å². The van der Waals surface area contributed by atoms with Crippen molar-refractivity contribution in [3.63, 3.8) is 0 Å². The van der Waals surface area contributed by atoms with Crippen molar-refractivity contribution >= 4 is 11.8 Å². The molecule has 0 radical (unpaired) electrons. The zero-order valence-electron chi connectivity index (χ0n) is 16.6. The highest BCUT2D eigenvalue weighted by molar-refractivity contribution is 7.99. The lowest BCUT2D eigenvalue weighted by Crippen LogP contribution is -2.37. The van der Waals surface area contributed by atoms with E-state index in [0.717, 1.165) is 24.3 Å². The van der Waals surface area contributed by atoms with Gasteiger partial charge in [0, 0.05) is 29.5 Å². The van der Waals surface area contributed by atoms with E-state index in [4.69, 9.17) is 14.2 Å². The number of aromatic nitrogens is 2. The quantitative estimate of drug-likeness (QED) is 0.489. The van der Waals surface area contributed by atoms with Crippen LogP contribution < -0.4 is 4.74 Å². The first-order chi connectivity index (χ1) is 14.2. The first kappa shape index (κ1) is 20.0. The van der Waals surface area contributed by atoms with Crippen molar-refractivity contribution < 1.29 is 14.2 Å². The van der Waals surface area contributed by atoms with E-state index in [1.165, 1.54) is 10.5 Å². The molecule has 1 aromatic heterocycles. The molecule has 0 saturated carbocycles. The molecule has 2 heterocycles. The molecule has 4 rings (SSSR count). The van der Waals surface area contributed by atoms with Crippen molar-refractivity contribution in [2.45, 2.75) is 36.2 Å². The van der Waals surface area contributed by atoms with Gasteiger partial charge in [-0.15, -0.1) is 11.8 Å². The lowest BCUT2D eigenvalue weighted by Gasteiger charge is -2.28. The molecule has 1 aliphatic heterocycles. The molecule has 0 N–H and O–H groups in total. The maximum atomic E-state index is 6.49. The van der Waals surface area contributed by atoms with E-state index < -0.39 is 5.79 Å². The Labute approximate surface area is 176 Å². The Kier molecular flexibility index (Phi) is 6.54. The average molecular weight is 411 g/mol. The second kappa shape index (κ2) is 9.48. The zero-order valence-corrected chi connectivity index (χ0v) is 17.4. The van der Waals surface area contributed by atoms with Crippen LogP contribution >= 0.6 is 11.8 Å². The van der Waals surface area contributed by atoms with Crippen LogP contribution in [0.5, 0.6) is 5.75 Å². The monoisotopic (exact) mass is 410 g/mol. The van der Waals surface area contributed by atoms with Gasteiger partial charge >= 0.3 is 0 Å². The standard InChI is InChI=1S/C23H26N2O3S/c1-26-20-7-9-22(10-8-20)29-16-21-15-27-23(28-21,17-25-14-13-24-18-25)12-11-19-5-3-2-4-6-19/h2-10,13-14,18,21H,11-12,15-17H2,1H3. The Morgan fingerprint density at radius 1 is 1.17 bits per heavy atom. The molecule has 1 aliphatic rings. The second-order valence-electron chi connectivity index (χ2n) is 7.17. The highest BCUT2D eigenvalue weighted by Gasteiger charge is 2.41. The Balaban J connectivity index is 1.38. The minimum atomic E-state index is -0.623. The number of hydrogen-bond donors (Lipinski definition) is 0. The minimum absolute atomic E-state index is 0.0568. The largest absolute Gasteiger partial charge is 0.497 e. The third-order valence-corrected chi connectivity index (χ3v) is 6.17. The van der Waals surface area contributed by atoms with Gasteiger partial charge in [-0.05, 0) is 36.2 Å². The Hall–Kier alpha value is -2.28. The maximum absolute atomic E-state index is 6.49. The molecule has 1 fully saturated rings. The number of benzene rings is 2. The summed E-state index contributed by atoms with van der Waals surface area (Å²) >= 11 is 1.78. The first-order valence-electron chi connectivity index (χ1n) is 9.83. The van der Waals surface area contributed by atoms with Crippen molar-refractivity contribution in [1.29, 1.82) is 0 Å². The van der Waals surface area contributed by atoms with Crippen LogP contribution in [-0.2, 0) is 22.4 Å². The molecule has 0 aliphatic carbocycles. The van der Waals surface area contributed by atoms with Crippen molar-refractivity contribution in [3.8, 4) is 5.75 Å². The van der Waals surface area contributed by atoms with E-state index in [9.17, 15) is 0 Å². The van der Waals surface area contributed by atoms with Gasteiger partial charge in [0.05, 0.1) is 32.7 Å². The summed E-state index contributed by atoms with van der Waals surface area (Å²) < 4.78 is 20.0. The van der Waals surface area contributed by atoms with Crippen molar-refractivity contribution in [1.82, 2.24) is 9.55 Å². The lowest BCUT2D eigenvalue weighted by molar-refractivity contribution is -0.180. The zero-order chi connectivity index (χ0) is 19.9. The van der Waals surface area contributed by atoms with Crippen molar-refractivity contribution in [2.24, 2.45) is 0 Å². The molecule has 2 aromatic carbocycles. The van der Waals surface area contributed by atoms with Gasteiger partial charge in [-0.3, -0.25) is 0 Å². The fraction of sp³-hybridized carbons (Fsp3) is 0.348. The highest BCUT2D eigenvalue weighted by atomic mass is 32.2. The van der Waals surface area contributed by atoms with Crippen LogP contribution in [0.3, 0.4) is 0 Å². The van der Waals surface area contributed by atoms with E-state index in [2.05, 4.69) is 41.4 Å². The SMILES string of the molecule is COc1ccc(SCC2COC(CCc3ccccc3)(Cn3ccnc3)O2)cc1. The van der Waals surface area contributed by atoms with Crippen LogP contribution in [0.15, 0.2) is 78.2 Å². The molecule has 6 heteroatoms. The summed E-state index contributed by atoms with van der Waals surface area (Å²) in [5, 5.41) is 0. The summed E-state index contributed by atoms with van der Waals surface area (Å²) in [5.41, 5.74) is 1.29. The summed E-state index contributed by atoms with van der Waals surface area (Å²) in [4.78, 5) is 5.36. The number of aryl methyl sites for hydroxylation is 1. The predicted molar refractivity (Wildman–Crippen MR) is 114 cm³/mol. The van der Waals surface area contributed by atoms with Crippen LogP contribution in [0, 0.1) is 0 Å². The topological polar surface area (TPSA) is 45.5 Å². The van der Waals surface area contributed by atoms with E-state index in [1.54, 1.807) is 25.1 Å². The van der Waals surface area contributed by atoms with Crippen molar-refractivity contribution in [3.05, 3.63) is 78.9 Å². The summed E-state index contributed by atoms with van der Waals surface area (Å²) in [6.07, 6.45) is 7.33. The van der Waals surface area contributed by atoms with Gasteiger partial charge in [-0.2, -0.15) is 0 Å². The molecule has 0 amide bonds. The van der Waals surface area contributed by atoms with Crippen LogP contribution in [0.1, 0.15) is 12.0 Å². The molecule has 1 saturated heterocycles. The summed E-state index contributed by atoms with van der Waals surface area (Å²) in [7, 11) is 1.68. The van der Waals surface area contributed by atoms with Crippen LogP contribution in [0.2, 0.25) is 0 Å². The average Bonchev–Trinajstić information content (AvgIpc) is 3.43. The number of imidazole rings is 1. The smallest absolute Gasteiger partial charge is 0.187 e. The van der Waals surface area contributed by atoms with Crippen LogP contribution in [0.25, 0.3) is 0 Å². The third kappa shape index (κ3) is 5.41. The molecule has 152 valence electrons. The molecule has 5 nitrogen and oxygen atoms in total. The number of ether oxygens (including phenoxy) is 3. The van der Waals surface area contributed by atoms with E-state index in [0.29, 0.717) is 13.2 Å². The number of rotatable bonds is 9. The molecule has 29 heavy (non-hydrogen) atoms. The Morgan fingerprint density at radius 2 is 2.00 bits per heavy atom. The summed E-state index contributed by atoms with van der Waals surface area (Å²) in [6, 6.07) is 18.6. The summed E-state index contributed by atoms with van der Waals surface area (Å²) in [6.45, 7) is 1.25. The summed E-state index contributed by atoms with van der Waals surface area (Å²) in [5.74, 6) is 1.10. The molecule has 3 aromatic rings. The number of nitrogens with zero attached hydrogens (tertiary/aromatic N) is 2. The number of thioether (sulfide) groups is 1. The van der Waals surface area contributed by atoms with Crippen LogP contribution in [0.4, 0.5) is 0 Å². The minimum Gasteiger partial charge on any atom is -0.497 e. The van der Waals surface area contributed by atoms with E-state index in [-0.39, 0.29) is 6.10 Å². The molecular weight excluding hydrogens is 384 g/mol. The normalized spacial score (nSPS) is 21.3. The van der Waals surface area contributed by atoms with Crippen molar-refractivity contribution in [2.75, 3.05) is 19.5 Å². The van der Waals surface area contributed by atoms with Gasteiger partial charge in [0.2, 0.25) is 0 Å². The molecular formula is C23H26N2O3S. The maximum Gasteiger partial charge on any atom is 0.187 e. The van der Waals surface area contributed by atoms with E-state index >= 15 is 0 Å². The Morgan fingerprint density at radius 3 is 2.72 bits per heavy atom. The number of methoxy groups -OCH3 is 1. The first-order valence-corrected chi connectivity index (χ1v) is 10.8. The molecule has 2 unspecified atom stereocenters. The predicted octanol–water partition coefficient (Wildman–Crippen LogP) is 4.43. The molecule has 0 bridgehead atoms. The van der Waals surface area contributed by atoms with Gasteiger partial charge < -0.3 is 18.8 Å². The lowest BCUT2D eigenvalue weighted by atomic mass is 10.0. The fourth-order valence-corrected chi connectivity index (χ4v) is 4.36. The highest BCUT2D eigenvalue weighted by Crippen LogP contribution is 2.33. The van der Waals surface area contributed by atoms with Crippen LogP contribution in [-0.4, -0.2) is 40.9 Å². The Bertz CT molecular complexity index is 871. The van der Waals surface area contributed by atoms with Gasteiger partial charge in [0.1, 0.15) is 5.75 Å². The fourth-order valence-electron chi connectivity index (χ4n) is 3.49. The van der Waals surface area contributed by atoms with Gasteiger partial charge in [-0.25, -0.2) is 4.98 Å².